The summed E-state index contributed by atoms with van der Waals surface area (Å²) in [4.78, 5) is 27.9. The molecule has 1 aliphatic rings. The second-order valence-electron chi connectivity index (χ2n) is 3.99. The third-order valence-corrected chi connectivity index (χ3v) is 2.67. The van der Waals surface area contributed by atoms with E-state index in [-0.39, 0.29) is 12.2 Å². The zero-order valence-electron chi connectivity index (χ0n) is 8.69. The van der Waals surface area contributed by atoms with Crippen LogP contribution >= 0.6 is 0 Å². The lowest BCUT2D eigenvalue weighted by atomic mass is 10.1. The summed E-state index contributed by atoms with van der Waals surface area (Å²) in [5.74, 6) is -0.402. The normalized spacial score (nSPS) is 15.0. The lowest BCUT2D eigenvalue weighted by molar-refractivity contribution is -0.136. The van der Waals surface area contributed by atoms with Crippen molar-refractivity contribution in [3.8, 4) is 0 Å². The van der Waals surface area contributed by atoms with Crippen molar-refractivity contribution in [2.75, 3.05) is 5.73 Å². The van der Waals surface area contributed by atoms with E-state index in [4.69, 9.17) is 10.8 Å². The van der Waals surface area contributed by atoms with Gasteiger partial charge in [0, 0.05) is 17.7 Å². The van der Waals surface area contributed by atoms with Crippen LogP contribution in [0.25, 0.3) is 0 Å². The predicted molar refractivity (Wildman–Crippen MR) is 57.2 cm³/mol. The number of hydrogen-bond acceptors (Lipinski definition) is 4. The number of nitrogens with two attached hydrogens (primary N) is 1. The Balaban J connectivity index is 2.33. The largest absolute Gasteiger partial charge is 0.481 e. The van der Waals surface area contributed by atoms with Gasteiger partial charge < -0.3 is 15.8 Å². The number of aromatic amines is 1. The Morgan fingerprint density at radius 2 is 2.25 bits per heavy atom. The number of nitrogen functional groups attached to an aromatic ring is 1. The second-order valence-corrected chi connectivity index (χ2v) is 3.99. The summed E-state index contributed by atoms with van der Waals surface area (Å²) < 4.78 is 0. The molecule has 16 heavy (non-hydrogen) atoms. The third kappa shape index (κ3) is 2.21. The molecule has 4 N–H and O–H groups in total. The molecule has 1 aromatic rings. The Morgan fingerprint density at radius 3 is 2.81 bits per heavy atom. The fraction of sp³-hybridized carbons (Fsp3) is 0.500. The summed E-state index contributed by atoms with van der Waals surface area (Å²) >= 11 is 0. The Morgan fingerprint density at radius 1 is 1.56 bits per heavy atom. The van der Waals surface area contributed by atoms with Crippen molar-refractivity contribution in [3.63, 3.8) is 0 Å². The number of carboxylic acid groups (broad SMARTS) is 1. The fourth-order valence-electron chi connectivity index (χ4n) is 1.75. The highest BCUT2D eigenvalue weighted by atomic mass is 16.4. The predicted octanol–water partition coefficient (Wildman–Crippen LogP) is 0.247. The maximum Gasteiger partial charge on any atom is 0.347 e. The number of anilines is 1. The van der Waals surface area contributed by atoms with Crippen molar-refractivity contribution in [1.82, 2.24) is 9.97 Å². The van der Waals surface area contributed by atoms with E-state index in [0.717, 1.165) is 18.5 Å². The van der Waals surface area contributed by atoms with Crippen LogP contribution in [0.4, 0.5) is 5.82 Å². The average molecular weight is 223 g/mol. The van der Waals surface area contributed by atoms with Gasteiger partial charge in [-0.1, -0.05) is 0 Å². The summed E-state index contributed by atoms with van der Waals surface area (Å²) in [5, 5.41) is 8.63. The number of nitrogens with one attached hydrogen (secondary N) is 1. The molecule has 1 heterocycles. The smallest absolute Gasteiger partial charge is 0.347 e. The van der Waals surface area contributed by atoms with Gasteiger partial charge >= 0.3 is 11.7 Å². The summed E-state index contributed by atoms with van der Waals surface area (Å²) in [6.07, 6.45) is 2.34. The highest BCUT2D eigenvalue weighted by Gasteiger charge is 2.28. The van der Waals surface area contributed by atoms with Crippen molar-refractivity contribution in [3.05, 3.63) is 21.7 Å². The van der Waals surface area contributed by atoms with E-state index in [9.17, 15) is 9.59 Å². The van der Waals surface area contributed by atoms with E-state index < -0.39 is 11.7 Å². The minimum Gasteiger partial charge on any atom is -0.481 e. The minimum absolute atomic E-state index is 0.00234. The number of aromatic nitrogens is 2. The van der Waals surface area contributed by atoms with Crippen molar-refractivity contribution in [2.45, 2.75) is 31.6 Å². The van der Waals surface area contributed by atoms with Gasteiger partial charge in [-0.25, -0.2) is 4.79 Å². The molecule has 0 saturated heterocycles. The molecule has 6 heteroatoms. The summed E-state index contributed by atoms with van der Waals surface area (Å²) in [6.45, 7) is 0. The zero-order chi connectivity index (χ0) is 11.7. The summed E-state index contributed by atoms with van der Waals surface area (Å²) in [7, 11) is 0. The highest BCUT2D eigenvalue weighted by molar-refractivity contribution is 5.67. The second kappa shape index (κ2) is 3.96. The van der Waals surface area contributed by atoms with Gasteiger partial charge in [-0.15, -0.1) is 0 Å². The molecule has 1 fully saturated rings. The summed E-state index contributed by atoms with van der Waals surface area (Å²) in [6, 6.07) is 0. The maximum atomic E-state index is 11.2. The molecular weight excluding hydrogens is 210 g/mol. The number of H-pyrrole nitrogens is 1. The number of carboxylic acids is 1. The number of rotatable bonds is 4. The van der Waals surface area contributed by atoms with E-state index in [1.54, 1.807) is 0 Å². The van der Waals surface area contributed by atoms with Gasteiger partial charge in [0.05, 0.1) is 0 Å². The van der Waals surface area contributed by atoms with Crippen LogP contribution < -0.4 is 11.4 Å². The van der Waals surface area contributed by atoms with E-state index in [2.05, 4.69) is 9.97 Å². The number of carbonyl (C=O) groups is 1. The van der Waals surface area contributed by atoms with Gasteiger partial charge in [-0.2, -0.15) is 4.98 Å². The van der Waals surface area contributed by atoms with E-state index in [1.165, 1.54) is 0 Å². The fourth-order valence-corrected chi connectivity index (χ4v) is 1.75. The highest BCUT2D eigenvalue weighted by Crippen LogP contribution is 2.41. The molecule has 86 valence electrons. The number of hydrogen-bond donors (Lipinski definition) is 3. The SMILES string of the molecule is Nc1nc(=O)[nH]c(C2CC2)c1CCC(=O)O. The first-order chi connectivity index (χ1) is 7.58. The van der Waals surface area contributed by atoms with Crippen LogP contribution in [0.15, 0.2) is 4.79 Å². The lowest BCUT2D eigenvalue weighted by Crippen LogP contribution is -2.18. The first kappa shape index (κ1) is 10.7. The molecule has 0 aliphatic heterocycles. The molecule has 0 radical (unpaired) electrons. The minimum atomic E-state index is -0.882. The molecule has 0 amide bonds. The van der Waals surface area contributed by atoms with Crippen LogP contribution in [0.3, 0.4) is 0 Å². The molecule has 0 bridgehead atoms. The van der Waals surface area contributed by atoms with Gasteiger partial charge in [-0.05, 0) is 25.2 Å². The lowest BCUT2D eigenvalue weighted by Gasteiger charge is -2.08. The molecule has 1 aromatic heterocycles. The Bertz CT molecular complexity index is 477. The molecule has 1 aliphatic carbocycles. The topological polar surface area (TPSA) is 109 Å². The Hall–Kier alpha value is -1.85. The van der Waals surface area contributed by atoms with Crippen LogP contribution in [0.5, 0.6) is 0 Å². The van der Waals surface area contributed by atoms with Crippen LogP contribution in [-0.2, 0) is 11.2 Å². The molecule has 2 rings (SSSR count). The van der Waals surface area contributed by atoms with Gasteiger partial charge in [0.2, 0.25) is 0 Å². The van der Waals surface area contributed by atoms with E-state index >= 15 is 0 Å². The van der Waals surface area contributed by atoms with Gasteiger partial charge in [-0.3, -0.25) is 4.79 Å². The van der Waals surface area contributed by atoms with Crippen LogP contribution in [0, 0.1) is 0 Å². The first-order valence-electron chi connectivity index (χ1n) is 5.18. The molecular formula is C10H13N3O3. The molecule has 0 spiro atoms. The third-order valence-electron chi connectivity index (χ3n) is 2.67. The van der Waals surface area contributed by atoms with Crippen LogP contribution in [-0.4, -0.2) is 21.0 Å². The number of nitrogens with zero attached hydrogens (tertiary/aromatic N) is 1. The molecule has 1 saturated carbocycles. The van der Waals surface area contributed by atoms with Gasteiger partial charge in [0.15, 0.2) is 0 Å². The number of aliphatic carboxylic acids is 1. The van der Waals surface area contributed by atoms with E-state index in [0.29, 0.717) is 17.9 Å². The monoisotopic (exact) mass is 223 g/mol. The molecule has 0 atom stereocenters. The van der Waals surface area contributed by atoms with Gasteiger partial charge in [0.25, 0.3) is 0 Å². The van der Waals surface area contributed by atoms with Crippen LogP contribution in [0.1, 0.15) is 36.4 Å². The van der Waals surface area contributed by atoms with Crippen molar-refractivity contribution in [1.29, 1.82) is 0 Å². The average Bonchev–Trinajstić information content (AvgIpc) is 2.97. The molecule has 0 aromatic carbocycles. The Kier molecular flexibility index (Phi) is 2.64. The summed E-state index contributed by atoms with van der Waals surface area (Å²) in [5.41, 5.74) is 6.65. The van der Waals surface area contributed by atoms with E-state index in [1.807, 2.05) is 0 Å². The van der Waals surface area contributed by atoms with Crippen molar-refractivity contribution >= 4 is 11.8 Å². The zero-order valence-corrected chi connectivity index (χ0v) is 8.69. The molecule has 6 nitrogen and oxygen atoms in total. The molecule has 0 unspecified atom stereocenters. The standard InChI is InChI=1S/C10H13N3O3/c11-9-6(3-4-7(14)15)8(5-1-2-5)12-10(16)13-9/h5H,1-4H2,(H,14,15)(H3,11,12,13,16). The van der Waals surface area contributed by atoms with Crippen LogP contribution in [0.2, 0.25) is 0 Å². The van der Waals surface area contributed by atoms with Crippen molar-refractivity contribution < 1.29 is 9.90 Å². The first-order valence-corrected chi connectivity index (χ1v) is 5.18. The Labute approximate surface area is 91.5 Å². The quantitative estimate of drug-likeness (QED) is 0.677. The van der Waals surface area contributed by atoms with Gasteiger partial charge in [0.1, 0.15) is 5.82 Å². The van der Waals surface area contributed by atoms with Crippen molar-refractivity contribution in [2.24, 2.45) is 0 Å². The maximum absolute atomic E-state index is 11.2.